The lowest BCUT2D eigenvalue weighted by molar-refractivity contribution is 0.593. The van der Waals surface area contributed by atoms with Gasteiger partial charge < -0.3 is 0 Å². The van der Waals surface area contributed by atoms with Gasteiger partial charge in [-0.05, 0) is 30.2 Å². The van der Waals surface area contributed by atoms with E-state index >= 15 is 0 Å². The third-order valence-electron chi connectivity index (χ3n) is 3.58. The number of sulfonamides is 1. The molecule has 0 aliphatic carbocycles. The Bertz CT molecular complexity index is 1120. The van der Waals surface area contributed by atoms with Gasteiger partial charge in [-0.2, -0.15) is 0 Å². The van der Waals surface area contributed by atoms with Gasteiger partial charge in [0.2, 0.25) is 24.2 Å². The van der Waals surface area contributed by atoms with E-state index in [0.29, 0.717) is 27.9 Å². The van der Waals surface area contributed by atoms with E-state index in [9.17, 15) is 16.8 Å². The normalized spacial score (nSPS) is 12.3. The van der Waals surface area contributed by atoms with E-state index < -0.39 is 19.9 Å². The minimum Gasteiger partial charge on any atom is -0.283 e. The number of fused-ring (bicyclic) bond motifs is 1. The monoisotopic (exact) mass is 410 g/mol. The van der Waals surface area contributed by atoms with Crippen LogP contribution in [0.1, 0.15) is 18.9 Å². The molecule has 0 aliphatic rings. The fraction of sp³-hybridized carbons (Fsp3) is 0.235. The SMILES string of the molecule is CCCS(=O)(=O)c1nc2ccc(NS(=O)(=O)Cc3ccccc3)cc2s1. The summed E-state index contributed by atoms with van der Waals surface area (Å²) < 4.78 is 52.2. The fourth-order valence-corrected chi connectivity index (χ4v) is 6.37. The molecule has 0 atom stereocenters. The topological polar surface area (TPSA) is 93.2 Å². The molecule has 1 N–H and O–H groups in total. The maximum atomic E-state index is 12.3. The molecule has 0 saturated carbocycles. The maximum absolute atomic E-state index is 12.3. The molecule has 26 heavy (non-hydrogen) atoms. The van der Waals surface area contributed by atoms with E-state index in [4.69, 9.17) is 0 Å². The minimum absolute atomic E-state index is 0.0450. The molecule has 2 aromatic carbocycles. The zero-order valence-corrected chi connectivity index (χ0v) is 16.5. The molecule has 0 unspecified atom stereocenters. The Morgan fingerprint density at radius 2 is 1.77 bits per heavy atom. The van der Waals surface area contributed by atoms with Crippen LogP contribution >= 0.6 is 11.3 Å². The van der Waals surface area contributed by atoms with Crippen LogP contribution in [0.3, 0.4) is 0 Å². The molecule has 3 rings (SSSR count). The van der Waals surface area contributed by atoms with Crippen LogP contribution in [0.4, 0.5) is 5.69 Å². The van der Waals surface area contributed by atoms with Gasteiger partial charge >= 0.3 is 0 Å². The number of benzene rings is 2. The summed E-state index contributed by atoms with van der Waals surface area (Å²) in [6.07, 6.45) is 0.517. The van der Waals surface area contributed by atoms with Crippen LogP contribution in [0.25, 0.3) is 10.2 Å². The van der Waals surface area contributed by atoms with Crippen LogP contribution in [0, 0.1) is 0 Å². The first kappa shape index (κ1) is 18.8. The maximum Gasteiger partial charge on any atom is 0.236 e. The summed E-state index contributed by atoms with van der Waals surface area (Å²) >= 11 is 1.05. The lowest BCUT2D eigenvalue weighted by Crippen LogP contribution is -2.14. The van der Waals surface area contributed by atoms with Crippen molar-refractivity contribution in [3.8, 4) is 0 Å². The van der Waals surface area contributed by atoms with E-state index in [1.54, 1.807) is 49.4 Å². The Kier molecular flexibility index (Phi) is 5.31. The highest BCUT2D eigenvalue weighted by Gasteiger charge is 2.19. The third kappa shape index (κ3) is 4.40. The van der Waals surface area contributed by atoms with E-state index in [2.05, 4.69) is 9.71 Å². The Balaban J connectivity index is 1.85. The molecule has 0 radical (unpaired) electrons. The minimum atomic E-state index is -3.57. The summed E-state index contributed by atoms with van der Waals surface area (Å²) in [6, 6.07) is 13.7. The fourth-order valence-electron chi connectivity index (χ4n) is 2.47. The predicted molar refractivity (Wildman–Crippen MR) is 105 cm³/mol. The Morgan fingerprint density at radius 3 is 2.46 bits per heavy atom. The number of aromatic nitrogens is 1. The molecule has 0 aliphatic heterocycles. The van der Waals surface area contributed by atoms with Crippen LogP contribution in [0.2, 0.25) is 0 Å². The van der Waals surface area contributed by atoms with Crippen molar-refractivity contribution in [3.63, 3.8) is 0 Å². The molecule has 0 spiro atoms. The second-order valence-electron chi connectivity index (χ2n) is 5.83. The first-order valence-corrected chi connectivity index (χ1v) is 12.1. The first-order chi connectivity index (χ1) is 12.3. The van der Waals surface area contributed by atoms with Crippen molar-refractivity contribution in [1.82, 2.24) is 4.98 Å². The van der Waals surface area contributed by atoms with Gasteiger partial charge in [-0.15, -0.1) is 11.3 Å². The van der Waals surface area contributed by atoms with Crippen LogP contribution < -0.4 is 4.72 Å². The molecule has 0 bridgehead atoms. The van der Waals surface area contributed by atoms with E-state index in [0.717, 1.165) is 11.3 Å². The highest BCUT2D eigenvalue weighted by Crippen LogP contribution is 2.29. The molecule has 0 fully saturated rings. The molecule has 6 nitrogen and oxygen atoms in total. The molecule has 3 aromatic rings. The van der Waals surface area contributed by atoms with Crippen molar-refractivity contribution in [1.29, 1.82) is 0 Å². The summed E-state index contributed by atoms with van der Waals surface area (Å²) in [5, 5.41) is 0. The zero-order chi connectivity index (χ0) is 18.8. The molecule has 1 heterocycles. The first-order valence-electron chi connectivity index (χ1n) is 7.97. The quantitative estimate of drug-likeness (QED) is 0.644. The van der Waals surface area contributed by atoms with Crippen molar-refractivity contribution in [2.24, 2.45) is 0 Å². The Morgan fingerprint density at radius 1 is 1.04 bits per heavy atom. The molecule has 0 saturated heterocycles. The van der Waals surface area contributed by atoms with Crippen LogP contribution in [-0.4, -0.2) is 27.6 Å². The molecule has 0 amide bonds. The summed E-state index contributed by atoms with van der Waals surface area (Å²) in [7, 11) is -6.96. The second kappa shape index (κ2) is 7.34. The predicted octanol–water partition coefficient (Wildman–Crippen LogP) is 3.42. The number of nitrogens with zero attached hydrogens (tertiary/aromatic N) is 1. The number of nitrogens with one attached hydrogen (secondary N) is 1. The van der Waals surface area contributed by atoms with Gasteiger partial charge in [-0.1, -0.05) is 37.3 Å². The third-order valence-corrected chi connectivity index (χ3v) is 8.23. The molecule has 9 heteroatoms. The van der Waals surface area contributed by atoms with Crippen molar-refractivity contribution < 1.29 is 16.8 Å². The average molecular weight is 411 g/mol. The van der Waals surface area contributed by atoms with Crippen LogP contribution in [0.15, 0.2) is 52.9 Å². The number of sulfone groups is 1. The zero-order valence-electron chi connectivity index (χ0n) is 14.0. The smallest absolute Gasteiger partial charge is 0.236 e. The van der Waals surface area contributed by atoms with Crippen molar-refractivity contribution >= 4 is 47.1 Å². The summed E-state index contributed by atoms with van der Waals surface area (Å²) in [5.74, 6) is -0.0892. The number of thiazole rings is 1. The van der Waals surface area contributed by atoms with E-state index in [1.807, 2.05) is 6.07 Å². The van der Waals surface area contributed by atoms with Gasteiger partial charge in [-0.3, -0.25) is 4.72 Å². The summed E-state index contributed by atoms with van der Waals surface area (Å²) in [5.41, 5.74) is 1.61. The lowest BCUT2D eigenvalue weighted by atomic mass is 10.2. The molecular weight excluding hydrogens is 392 g/mol. The number of anilines is 1. The molecule has 1 aromatic heterocycles. The largest absolute Gasteiger partial charge is 0.283 e. The van der Waals surface area contributed by atoms with Crippen LogP contribution in [-0.2, 0) is 25.6 Å². The Labute approximate surface area is 156 Å². The van der Waals surface area contributed by atoms with Crippen molar-refractivity contribution in [2.75, 3.05) is 10.5 Å². The molecule has 138 valence electrons. The lowest BCUT2D eigenvalue weighted by Gasteiger charge is -2.08. The van der Waals surface area contributed by atoms with E-state index in [-0.39, 0.29) is 15.8 Å². The van der Waals surface area contributed by atoms with Gasteiger partial charge in [0.05, 0.1) is 27.4 Å². The van der Waals surface area contributed by atoms with Gasteiger partial charge in [0.15, 0.2) is 0 Å². The standard InChI is InChI=1S/C17H18N2O4S3/c1-2-10-25(20,21)17-18-15-9-8-14(11-16(15)24-17)19-26(22,23)12-13-6-4-3-5-7-13/h3-9,11,19H,2,10,12H2,1H3. The van der Waals surface area contributed by atoms with Gasteiger partial charge in [0.1, 0.15) is 0 Å². The average Bonchev–Trinajstić information content (AvgIpc) is 2.99. The van der Waals surface area contributed by atoms with Crippen LogP contribution in [0.5, 0.6) is 0 Å². The highest BCUT2D eigenvalue weighted by molar-refractivity contribution is 7.93. The molecular formula is C17H18N2O4S3. The van der Waals surface area contributed by atoms with Gasteiger partial charge in [0, 0.05) is 0 Å². The van der Waals surface area contributed by atoms with Crippen molar-refractivity contribution in [2.45, 2.75) is 23.4 Å². The van der Waals surface area contributed by atoms with Gasteiger partial charge in [0.25, 0.3) is 0 Å². The second-order valence-corrected chi connectivity index (χ2v) is 10.9. The highest BCUT2D eigenvalue weighted by atomic mass is 32.2. The number of hydrogen-bond donors (Lipinski definition) is 1. The Hall–Kier alpha value is -1.97. The van der Waals surface area contributed by atoms with Gasteiger partial charge in [-0.25, -0.2) is 21.8 Å². The van der Waals surface area contributed by atoms with E-state index in [1.165, 1.54) is 0 Å². The summed E-state index contributed by atoms with van der Waals surface area (Å²) in [4.78, 5) is 4.16. The number of hydrogen-bond acceptors (Lipinski definition) is 6. The van der Waals surface area contributed by atoms with Crippen molar-refractivity contribution in [3.05, 3.63) is 54.1 Å². The number of rotatable bonds is 7. The summed E-state index contributed by atoms with van der Waals surface area (Å²) in [6.45, 7) is 1.80.